The highest BCUT2D eigenvalue weighted by Crippen LogP contribution is 2.26. The van der Waals surface area contributed by atoms with Gasteiger partial charge in [-0.15, -0.1) is 0 Å². The minimum atomic E-state index is -0.544. The minimum Gasteiger partial charge on any atom is -0.335 e. The number of benzene rings is 2. The number of carbonyl (C=O) groups excluding carboxylic acids is 1. The molecule has 0 bridgehead atoms. The highest BCUT2D eigenvalue weighted by atomic mass is 79.9. The summed E-state index contributed by atoms with van der Waals surface area (Å²) in [4.78, 5) is 29.2. The standard InChI is InChI=1S/C21H15BrFN3O2/c1-12-9-18(15-10-13(22)5-6-17(15)24-12)25-20(28)11-26-8-7-19(27)14-3-2-4-16(23)21(14)26/h2-10H,11H2,1H3,(H,24,25,28). The maximum absolute atomic E-state index is 14.3. The number of halogens is 2. The van der Waals surface area contributed by atoms with Crippen LogP contribution in [0.5, 0.6) is 0 Å². The van der Waals surface area contributed by atoms with Crippen molar-refractivity contribution in [2.24, 2.45) is 0 Å². The van der Waals surface area contributed by atoms with Crippen LogP contribution < -0.4 is 10.7 Å². The van der Waals surface area contributed by atoms with Crippen LogP contribution in [0.15, 0.2) is 64.0 Å². The van der Waals surface area contributed by atoms with Crippen molar-refractivity contribution in [2.75, 3.05) is 5.32 Å². The Hall–Kier alpha value is -3.06. The Balaban J connectivity index is 1.71. The number of para-hydroxylation sites is 1. The number of aryl methyl sites for hydroxylation is 1. The lowest BCUT2D eigenvalue weighted by atomic mass is 10.1. The molecule has 0 unspecified atom stereocenters. The third-order valence-electron chi connectivity index (χ3n) is 4.43. The van der Waals surface area contributed by atoms with Gasteiger partial charge in [0.2, 0.25) is 5.91 Å². The molecule has 0 saturated carbocycles. The number of carbonyl (C=O) groups is 1. The van der Waals surface area contributed by atoms with Gasteiger partial charge >= 0.3 is 0 Å². The molecule has 5 nitrogen and oxygen atoms in total. The molecule has 0 radical (unpaired) electrons. The molecule has 0 aliphatic heterocycles. The van der Waals surface area contributed by atoms with Crippen molar-refractivity contribution < 1.29 is 9.18 Å². The molecule has 28 heavy (non-hydrogen) atoms. The van der Waals surface area contributed by atoms with Crippen molar-refractivity contribution in [3.8, 4) is 0 Å². The molecule has 1 N–H and O–H groups in total. The van der Waals surface area contributed by atoms with Gasteiger partial charge in [0.05, 0.1) is 16.7 Å². The number of nitrogens with zero attached hydrogens (tertiary/aromatic N) is 2. The van der Waals surface area contributed by atoms with Crippen molar-refractivity contribution >= 4 is 49.3 Å². The Kier molecular flexibility index (Phi) is 4.68. The zero-order valence-electron chi connectivity index (χ0n) is 14.9. The fraction of sp³-hybridized carbons (Fsp3) is 0.0952. The molecule has 1 amide bonds. The van der Waals surface area contributed by atoms with Crippen LogP contribution in [0.3, 0.4) is 0 Å². The van der Waals surface area contributed by atoms with E-state index >= 15 is 0 Å². The van der Waals surface area contributed by atoms with Gasteiger partial charge in [-0.1, -0.05) is 22.0 Å². The van der Waals surface area contributed by atoms with E-state index in [4.69, 9.17) is 0 Å². The predicted octanol–water partition coefficient (Wildman–Crippen LogP) is 4.40. The molecule has 0 saturated heterocycles. The lowest BCUT2D eigenvalue weighted by Crippen LogP contribution is -2.21. The average molecular weight is 440 g/mol. The normalized spacial score (nSPS) is 11.1. The van der Waals surface area contributed by atoms with Gasteiger partial charge in [-0.2, -0.15) is 0 Å². The second-order valence-corrected chi connectivity index (χ2v) is 7.38. The Bertz CT molecular complexity index is 1300. The van der Waals surface area contributed by atoms with E-state index in [9.17, 15) is 14.0 Å². The topological polar surface area (TPSA) is 64.0 Å². The second-order valence-electron chi connectivity index (χ2n) is 6.46. The van der Waals surface area contributed by atoms with Crippen LogP contribution in [0.4, 0.5) is 10.1 Å². The highest BCUT2D eigenvalue weighted by molar-refractivity contribution is 9.10. The molecule has 0 fully saturated rings. The maximum Gasteiger partial charge on any atom is 0.244 e. The van der Waals surface area contributed by atoms with Crippen molar-refractivity contribution in [1.82, 2.24) is 9.55 Å². The lowest BCUT2D eigenvalue weighted by molar-refractivity contribution is -0.116. The first-order valence-electron chi connectivity index (χ1n) is 8.57. The second kappa shape index (κ2) is 7.16. The lowest BCUT2D eigenvalue weighted by Gasteiger charge is -2.13. The van der Waals surface area contributed by atoms with Gasteiger partial charge in [0, 0.05) is 33.2 Å². The number of hydrogen-bond acceptors (Lipinski definition) is 3. The van der Waals surface area contributed by atoms with Crippen molar-refractivity contribution in [3.05, 3.63) is 80.9 Å². The molecule has 140 valence electrons. The van der Waals surface area contributed by atoms with E-state index < -0.39 is 5.82 Å². The van der Waals surface area contributed by atoms with E-state index in [0.717, 1.165) is 21.1 Å². The summed E-state index contributed by atoms with van der Waals surface area (Å²) in [5.41, 5.74) is 1.98. The number of rotatable bonds is 3. The number of anilines is 1. The van der Waals surface area contributed by atoms with E-state index in [1.165, 1.54) is 29.0 Å². The number of amides is 1. The summed E-state index contributed by atoms with van der Waals surface area (Å²) < 4.78 is 16.6. The minimum absolute atomic E-state index is 0.115. The molecule has 4 aromatic rings. The van der Waals surface area contributed by atoms with Crippen LogP contribution in [-0.4, -0.2) is 15.5 Å². The maximum atomic E-state index is 14.3. The Morgan fingerprint density at radius 2 is 2.00 bits per heavy atom. The molecule has 7 heteroatoms. The molecule has 0 aliphatic rings. The van der Waals surface area contributed by atoms with Gasteiger partial charge in [0.1, 0.15) is 12.4 Å². The monoisotopic (exact) mass is 439 g/mol. The van der Waals surface area contributed by atoms with Crippen LogP contribution >= 0.6 is 15.9 Å². The number of fused-ring (bicyclic) bond motifs is 2. The van der Waals surface area contributed by atoms with Crippen LogP contribution in [0.1, 0.15) is 5.69 Å². The first kappa shape index (κ1) is 18.3. The molecule has 2 heterocycles. The molecule has 0 atom stereocenters. The largest absolute Gasteiger partial charge is 0.335 e. The van der Waals surface area contributed by atoms with E-state index in [1.807, 2.05) is 25.1 Å². The summed E-state index contributed by atoms with van der Waals surface area (Å²) in [6.45, 7) is 1.72. The van der Waals surface area contributed by atoms with Crippen molar-refractivity contribution in [2.45, 2.75) is 13.5 Å². The third kappa shape index (κ3) is 3.41. The summed E-state index contributed by atoms with van der Waals surface area (Å²) in [7, 11) is 0. The smallest absolute Gasteiger partial charge is 0.244 e. The average Bonchev–Trinajstić information content (AvgIpc) is 2.65. The number of pyridine rings is 2. The fourth-order valence-electron chi connectivity index (χ4n) is 3.24. The van der Waals surface area contributed by atoms with Crippen molar-refractivity contribution in [3.63, 3.8) is 0 Å². The van der Waals surface area contributed by atoms with E-state index in [2.05, 4.69) is 26.2 Å². The van der Waals surface area contributed by atoms with Gasteiger partial charge in [-0.25, -0.2) is 4.39 Å². The quantitative estimate of drug-likeness (QED) is 0.514. The number of hydrogen-bond donors (Lipinski definition) is 1. The molecule has 4 rings (SSSR count). The summed E-state index contributed by atoms with van der Waals surface area (Å²) in [5.74, 6) is -0.878. The number of aromatic nitrogens is 2. The highest BCUT2D eigenvalue weighted by Gasteiger charge is 2.13. The summed E-state index contributed by atoms with van der Waals surface area (Å²) >= 11 is 3.43. The summed E-state index contributed by atoms with van der Waals surface area (Å²) in [6, 6.07) is 13.1. The van der Waals surface area contributed by atoms with E-state index in [0.29, 0.717) is 5.69 Å². The zero-order chi connectivity index (χ0) is 19.8. The predicted molar refractivity (Wildman–Crippen MR) is 111 cm³/mol. The van der Waals surface area contributed by atoms with Crippen LogP contribution in [-0.2, 0) is 11.3 Å². The van der Waals surface area contributed by atoms with Gasteiger partial charge < -0.3 is 9.88 Å². The third-order valence-corrected chi connectivity index (χ3v) is 4.93. The zero-order valence-corrected chi connectivity index (χ0v) is 16.5. The molecule has 0 aliphatic carbocycles. The van der Waals surface area contributed by atoms with Crippen LogP contribution in [0.2, 0.25) is 0 Å². The summed E-state index contributed by atoms with van der Waals surface area (Å²) in [6.07, 6.45) is 1.43. The molecule has 2 aromatic carbocycles. The van der Waals surface area contributed by atoms with E-state index in [1.54, 1.807) is 12.1 Å². The van der Waals surface area contributed by atoms with Gasteiger partial charge in [-0.05, 0) is 43.3 Å². The molecule has 0 spiro atoms. The van der Waals surface area contributed by atoms with Crippen LogP contribution in [0, 0.1) is 12.7 Å². The van der Waals surface area contributed by atoms with Gasteiger partial charge in [0.15, 0.2) is 5.43 Å². The number of nitrogens with one attached hydrogen (secondary N) is 1. The fourth-order valence-corrected chi connectivity index (χ4v) is 3.60. The SMILES string of the molecule is Cc1cc(NC(=O)Cn2ccc(=O)c3cccc(F)c32)c2cc(Br)ccc2n1. The first-order valence-corrected chi connectivity index (χ1v) is 9.36. The Morgan fingerprint density at radius 1 is 1.18 bits per heavy atom. The van der Waals surface area contributed by atoms with Gasteiger partial charge in [-0.3, -0.25) is 14.6 Å². The van der Waals surface area contributed by atoms with E-state index in [-0.39, 0.29) is 28.8 Å². The Morgan fingerprint density at radius 3 is 2.82 bits per heavy atom. The molecule has 2 aromatic heterocycles. The van der Waals surface area contributed by atoms with Gasteiger partial charge in [0.25, 0.3) is 0 Å². The first-order chi connectivity index (χ1) is 13.4. The van der Waals surface area contributed by atoms with Crippen molar-refractivity contribution in [1.29, 1.82) is 0 Å². The summed E-state index contributed by atoms with van der Waals surface area (Å²) in [5, 5.41) is 3.91. The molecular weight excluding hydrogens is 425 g/mol. The van der Waals surface area contributed by atoms with Crippen LogP contribution in [0.25, 0.3) is 21.8 Å². The Labute approximate surface area is 168 Å². The molecular formula is C21H15BrFN3O2.